The third-order valence-corrected chi connectivity index (χ3v) is 3.94. The zero-order chi connectivity index (χ0) is 12.3. The summed E-state index contributed by atoms with van der Waals surface area (Å²) in [5.41, 5.74) is 8.73. The van der Waals surface area contributed by atoms with Crippen LogP contribution >= 0.6 is 15.9 Å². The van der Waals surface area contributed by atoms with Crippen LogP contribution in [0.25, 0.3) is 0 Å². The van der Waals surface area contributed by atoms with E-state index in [1.165, 1.54) is 7.11 Å². The summed E-state index contributed by atoms with van der Waals surface area (Å²) >= 11 is 3.51. The van der Waals surface area contributed by atoms with Crippen molar-refractivity contribution in [1.29, 1.82) is 0 Å². The lowest BCUT2D eigenvalue weighted by Crippen LogP contribution is -2.23. The number of carbonyl (C=O) groups is 1. The Morgan fingerprint density at radius 3 is 2.62 bits per heavy atom. The molecule has 1 aromatic carbocycles. The van der Waals surface area contributed by atoms with E-state index in [1.807, 2.05) is 26.0 Å². The van der Waals surface area contributed by atoms with Gasteiger partial charge in [0.2, 0.25) is 0 Å². The molecule has 0 heterocycles. The summed E-state index contributed by atoms with van der Waals surface area (Å²) in [7, 11) is 1.38. The molecular formula is C12H16BrNO2. The number of nitrogens with two attached hydrogens (primary N) is 1. The van der Waals surface area contributed by atoms with Crippen molar-refractivity contribution in [1.82, 2.24) is 0 Å². The first-order valence-electron chi connectivity index (χ1n) is 5.06. The Hall–Kier alpha value is -0.870. The Morgan fingerprint density at radius 2 is 2.12 bits per heavy atom. The topological polar surface area (TPSA) is 52.3 Å². The number of esters is 1. The fourth-order valence-corrected chi connectivity index (χ4v) is 2.07. The summed E-state index contributed by atoms with van der Waals surface area (Å²) < 4.78 is 5.77. The first-order chi connectivity index (χ1) is 7.52. The second-order valence-corrected chi connectivity index (χ2v) is 4.52. The average molecular weight is 286 g/mol. The predicted octanol–water partition coefficient (Wildman–Crippen LogP) is 2.28. The predicted molar refractivity (Wildman–Crippen MR) is 67.4 cm³/mol. The van der Waals surface area contributed by atoms with E-state index in [0.717, 1.165) is 21.2 Å². The van der Waals surface area contributed by atoms with Crippen molar-refractivity contribution in [2.45, 2.75) is 19.8 Å². The Labute approximate surface area is 104 Å². The molecule has 0 aliphatic rings. The lowest BCUT2D eigenvalue weighted by atomic mass is 9.93. The molecule has 3 nitrogen and oxygen atoms in total. The Bertz CT molecular complexity index is 404. The molecule has 0 bridgehead atoms. The number of ether oxygens (including phenoxy) is 1. The third kappa shape index (κ3) is 2.44. The molecule has 88 valence electrons. The second kappa shape index (κ2) is 5.46. The Kier molecular flexibility index (Phi) is 4.50. The van der Waals surface area contributed by atoms with E-state index >= 15 is 0 Å². The van der Waals surface area contributed by atoms with Gasteiger partial charge in [-0.2, -0.15) is 0 Å². The van der Waals surface area contributed by atoms with Crippen molar-refractivity contribution in [3.05, 3.63) is 33.3 Å². The van der Waals surface area contributed by atoms with Gasteiger partial charge in [-0.3, -0.25) is 4.79 Å². The molecule has 0 radical (unpaired) electrons. The standard InChI is InChI=1S/C12H16BrNO2/c1-7-4-5-9(8(2)11(7)13)10(6-14)12(15)16-3/h4-5,10H,6,14H2,1-3H3. The second-order valence-electron chi connectivity index (χ2n) is 3.72. The molecule has 0 aromatic heterocycles. The van der Waals surface area contributed by atoms with Crippen molar-refractivity contribution in [2.24, 2.45) is 5.73 Å². The van der Waals surface area contributed by atoms with Gasteiger partial charge in [-0.05, 0) is 30.5 Å². The monoisotopic (exact) mass is 285 g/mol. The fourth-order valence-electron chi connectivity index (χ4n) is 1.71. The van der Waals surface area contributed by atoms with E-state index < -0.39 is 0 Å². The normalized spacial score (nSPS) is 12.3. The van der Waals surface area contributed by atoms with E-state index in [1.54, 1.807) is 0 Å². The number of carbonyl (C=O) groups excluding carboxylic acids is 1. The van der Waals surface area contributed by atoms with Crippen LogP contribution in [0.4, 0.5) is 0 Å². The lowest BCUT2D eigenvalue weighted by molar-refractivity contribution is -0.142. The molecule has 0 saturated carbocycles. The number of hydrogen-bond donors (Lipinski definition) is 1. The van der Waals surface area contributed by atoms with Crippen LogP contribution in [-0.4, -0.2) is 19.6 Å². The van der Waals surface area contributed by atoms with E-state index in [9.17, 15) is 4.79 Å². The van der Waals surface area contributed by atoms with Crippen molar-refractivity contribution >= 4 is 21.9 Å². The number of hydrogen-bond acceptors (Lipinski definition) is 3. The van der Waals surface area contributed by atoms with Crippen LogP contribution in [0, 0.1) is 13.8 Å². The average Bonchev–Trinajstić information content (AvgIpc) is 2.29. The molecule has 0 aliphatic carbocycles. The molecule has 0 saturated heterocycles. The van der Waals surface area contributed by atoms with Crippen LogP contribution in [0.1, 0.15) is 22.6 Å². The molecule has 1 atom stereocenters. The maximum atomic E-state index is 11.6. The van der Waals surface area contributed by atoms with Gasteiger partial charge in [-0.25, -0.2) is 0 Å². The summed E-state index contributed by atoms with van der Waals surface area (Å²) in [5.74, 6) is -0.678. The highest BCUT2D eigenvalue weighted by Gasteiger charge is 2.22. The maximum Gasteiger partial charge on any atom is 0.314 e. The third-order valence-electron chi connectivity index (χ3n) is 2.72. The number of rotatable bonds is 3. The number of aryl methyl sites for hydroxylation is 1. The zero-order valence-electron chi connectivity index (χ0n) is 9.71. The molecule has 0 fully saturated rings. The van der Waals surface area contributed by atoms with Crippen LogP contribution in [-0.2, 0) is 9.53 Å². The summed E-state index contributed by atoms with van der Waals surface area (Å²) in [6, 6.07) is 3.90. The largest absolute Gasteiger partial charge is 0.469 e. The maximum absolute atomic E-state index is 11.6. The van der Waals surface area contributed by atoms with Gasteiger partial charge in [0.1, 0.15) is 0 Å². The molecule has 16 heavy (non-hydrogen) atoms. The minimum absolute atomic E-state index is 0.253. The smallest absolute Gasteiger partial charge is 0.314 e. The van der Waals surface area contributed by atoms with E-state index in [-0.39, 0.29) is 18.4 Å². The summed E-state index contributed by atoms with van der Waals surface area (Å²) in [5, 5.41) is 0. The number of benzene rings is 1. The molecule has 4 heteroatoms. The minimum atomic E-state index is -0.387. The van der Waals surface area contributed by atoms with Crippen molar-refractivity contribution in [3.63, 3.8) is 0 Å². The van der Waals surface area contributed by atoms with Crippen LogP contribution in [0.15, 0.2) is 16.6 Å². The first kappa shape index (κ1) is 13.2. The molecule has 0 aliphatic heterocycles. The first-order valence-corrected chi connectivity index (χ1v) is 5.85. The van der Waals surface area contributed by atoms with Gasteiger partial charge in [-0.15, -0.1) is 0 Å². The quantitative estimate of drug-likeness (QED) is 0.867. The molecule has 0 amide bonds. The molecule has 0 spiro atoms. The Balaban J connectivity index is 3.21. The molecular weight excluding hydrogens is 270 g/mol. The van der Waals surface area contributed by atoms with Gasteiger partial charge in [0.25, 0.3) is 0 Å². The van der Waals surface area contributed by atoms with Crippen molar-refractivity contribution in [3.8, 4) is 0 Å². The fraction of sp³-hybridized carbons (Fsp3) is 0.417. The van der Waals surface area contributed by atoms with Gasteiger partial charge < -0.3 is 10.5 Å². The van der Waals surface area contributed by atoms with E-state index in [0.29, 0.717) is 0 Å². The van der Waals surface area contributed by atoms with Gasteiger partial charge in [0.05, 0.1) is 13.0 Å². The van der Waals surface area contributed by atoms with E-state index in [2.05, 4.69) is 15.9 Å². The highest BCUT2D eigenvalue weighted by Crippen LogP contribution is 2.29. The lowest BCUT2D eigenvalue weighted by Gasteiger charge is -2.17. The number of methoxy groups -OCH3 is 1. The van der Waals surface area contributed by atoms with Gasteiger partial charge in [-0.1, -0.05) is 28.1 Å². The molecule has 1 aromatic rings. The van der Waals surface area contributed by atoms with Crippen LogP contribution in [0.3, 0.4) is 0 Å². The summed E-state index contributed by atoms with van der Waals surface area (Å²) in [6.45, 7) is 4.23. The van der Waals surface area contributed by atoms with Crippen molar-refractivity contribution in [2.75, 3.05) is 13.7 Å². The minimum Gasteiger partial charge on any atom is -0.469 e. The molecule has 2 N–H and O–H groups in total. The number of halogens is 1. The zero-order valence-corrected chi connectivity index (χ0v) is 11.3. The summed E-state index contributed by atoms with van der Waals surface area (Å²) in [6.07, 6.45) is 0. The van der Waals surface area contributed by atoms with Gasteiger partial charge in [0, 0.05) is 11.0 Å². The van der Waals surface area contributed by atoms with Gasteiger partial charge in [0.15, 0.2) is 0 Å². The highest BCUT2D eigenvalue weighted by molar-refractivity contribution is 9.10. The molecule has 1 unspecified atom stereocenters. The van der Waals surface area contributed by atoms with Crippen LogP contribution < -0.4 is 5.73 Å². The summed E-state index contributed by atoms with van der Waals surface area (Å²) in [4.78, 5) is 11.6. The highest BCUT2D eigenvalue weighted by atomic mass is 79.9. The van der Waals surface area contributed by atoms with Crippen LogP contribution in [0.5, 0.6) is 0 Å². The van der Waals surface area contributed by atoms with Gasteiger partial charge >= 0.3 is 5.97 Å². The Morgan fingerprint density at radius 1 is 1.50 bits per heavy atom. The van der Waals surface area contributed by atoms with E-state index in [4.69, 9.17) is 10.5 Å². The SMILES string of the molecule is COC(=O)C(CN)c1ccc(C)c(Br)c1C. The van der Waals surface area contributed by atoms with Crippen molar-refractivity contribution < 1.29 is 9.53 Å². The van der Waals surface area contributed by atoms with Crippen LogP contribution in [0.2, 0.25) is 0 Å². The molecule has 1 rings (SSSR count).